The summed E-state index contributed by atoms with van der Waals surface area (Å²) in [5, 5.41) is 7.93. The molecule has 0 aliphatic heterocycles. The lowest BCUT2D eigenvalue weighted by Crippen LogP contribution is -2.34. The van der Waals surface area contributed by atoms with Crippen LogP contribution in [0.5, 0.6) is 0 Å². The SMILES string of the molecule is CCC(CC)C(C)Nc1c(Cl)cnn(CC2CCC2)c1=O. The van der Waals surface area contributed by atoms with Crippen molar-refractivity contribution in [2.24, 2.45) is 11.8 Å². The first-order valence-corrected chi connectivity index (χ1v) is 8.46. The van der Waals surface area contributed by atoms with Gasteiger partial charge in [0.2, 0.25) is 0 Å². The van der Waals surface area contributed by atoms with E-state index in [9.17, 15) is 4.79 Å². The second-order valence-corrected chi connectivity index (χ2v) is 6.57. The third-order valence-electron chi connectivity index (χ3n) is 4.78. The first-order valence-electron chi connectivity index (χ1n) is 8.08. The molecule has 21 heavy (non-hydrogen) atoms. The fourth-order valence-corrected chi connectivity index (χ4v) is 3.17. The van der Waals surface area contributed by atoms with Crippen LogP contribution in [0.2, 0.25) is 5.02 Å². The van der Waals surface area contributed by atoms with E-state index >= 15 is 0 Å². The maximum atomic E-state index is 12.6. The van der Waals surface area contributed by atoms with E-state index in [1.54, 1.807) is 10.9 Å². The van der Waals surface area contributed by atoms with Gasteiger partial charge in [0.15, 0.2) is 0 Å². The summed E-state index contributed by atoms with van der Waals surface area (Å²) < 4.78 is 1.57. The lowest BCUT2D eigenvalue weighted by molar-refractivity contribution is 0.262. The van der Waals surface area contributed by atoms with E-state index in [0.717, 1.165) is 12.8 Å². The first kappa shape index (κ1) is 16.3. The molecule has 0 saturated heterocycles. The summed E-state index contributed by atoms with van der Waals surface area (Å²) in [6.45, 7) is 7.18. The molecule has 1 aromatic heterocycles. The van der Waals surface area contributed by atoms with Gasteiger partial charge in [-0.05, 0) is 31.6 Å². The van der Waals surface area contributed by atoms with Crippen molar-refractivity contribution in [3.63, 3.8) is 0 Å². The van der Waals surface area contributed by atoms with Gasteiger partial charge in [0.05, 0.1) is 11.2 Å². The maximum absolute atomic E-state index is 12.6. The van der Waals surface area contributed by atoms with E-state index in [4.69, 9.17) is 11.6 Å². The van der Waals surface area contributed by atoms with Gasteiger partial charge in [0, 0.05) is 12.6 Å². The zero-order valence-electron chi connectivity index (χ0n) is 13.2. The van der Waals surface area contributed by atoms with Crippen LogP contribution in [0.4, 0.5) is 5.69 Å². The number of aromatic nitrogens is 2. The van der Waals surface area contributed by atoms with Gasteiger partial charge < -0.3 is 5.32 Å². The van der Waals surface area contributed by atoms with Crippen LogP contribution in [0, 0.1) is 11.8 Å². The van der Waals surface area contributed by atoms with Crippen molar-refractivity contribution < 1.29 is 0 Å². The maximum Gasteiger partial charge on any atom is 0.291 e. The zero-order valence-corrected chi connectivity index (χ0v) is 14.0. The van der Waals surface area contributed by atoms with Gasteiger partial charge in [0.25, 0.3) is 5.56 Å². The molecule has 1 heterocycles. The molecule has 2 rings (SSSR count). The Balaban J connectivity index is 2.17. The van der Waals surface area contributed by atoms with Gasteiger partial charge in [-0.25, -0.2) is 4.68 Å². The molecule has 1 aliphatic carbocycles. The Bertz CT molecular complexity index is 521. The molecular weight excluding hydrogens is 286 g/mol. The quantitative estimate of drug-likeness (QED) is 0.830. The lowest BCUT2D eigenvalue weighted by Gasteiger charge is -2.26. The number of anilines is 1. The molecule has 1 aromatic rings. The van der Waals surface area contributed by atoms with Crippen molar-refractivity contribution in [2.45, 2.75) is 65.5 Å². The van der Waals surface area contributed by atoms with Gasteiger partial charge in [-0.15, -0.1) is 0 Å². The Hall–Kier alpha value is -1.03. The van der Waals surface area contributed by atoms with Crippen LogP contribution in [0.1, 0.15) is 52.9 Å². The average molecular weight is 312 g/mol. The number of nitrogens with zero attached hydrogens (tertiary/aromatic N) is 2. The highest BCUT2D eigenvalue weighted by Crippen LogP contribution is 2.27. The van der Waals surface area contributed by atoms with E-state index < -0.39 is 0 Å². The standard InChI is InChI=1S/C16H26ClN3O/c1-4-13(5-2)11(3)19-15-14(17)9-18-20(16(15)21)10-12-7-6-8-12/h9,11-13,19H,4-8,10H2,1-3H3. The Kier molecular flexibility index (Phi) is 5.68. The molecule has 1 N–H and O–H groups in total. The summed E-state index contributed by atoms with van der Waals surface area (Å²) in [6.07, 6.45) is 7.42. The highest BCUT2D eigenvalue weighted by molar-refractivity contribution is 6.33. The molecular formula is C16H26ClN3O. The van der Waals surface area contributed by atoms with Crippen LogP contribution < -0.4 is 10.9 Å². The van der Waals surface area contributed by atoms with Crippen molar-refractivity contribution in [3.8, 4) is 0 Å². The van der Waals surface area contributed by atoms with Crippen LogP contribution >= 0.6 is 11.6 Å². The Labute approximate surface area is 131 Å². The molecule has 0 amide bonds. The molecule has 1 unspecified atom stereocenters. The van der Waals surface area contributed by atoms with Crippen molar-refractivity contribution in [2.75, 3.05) is 5.32 Å². The fourth-order valence-electron chi connectivity index (χ4n) is 2.99. The minimum Gasteiger partial charge on any atom is -0.377 e. The lowest BCUT2D eigenvalue weighted by atomic mass is 9.85. The summed E-state index contributed by atoms with van der Waals surface area (Å²) in [5.41, 5.74) is 0.414. The number of rotatable bonds is 7. The van der Waals surface area contributed by atoms with E-state index in [-0.39, 0.29) is 11.6 Å². The van der Waals surface area contributed by atoms with Crippen LogP contribution in [-0.4, -0.2) is 15.8 Å². The van der Waals surface area contributed by atoms with Crippen molar-refractivity contribution in [1.82, 2.24) is 9.78 Å². The number of halogens is 1. The van der Waals surface area contributed by atoms with Crippen LogP contribution in [0.3, 0.4) is 0 Å². The van der Waals surface area contributed by atoms with Gasteiger partial charge in [-0.3, -0.25) is 4.79 Å². The second kappa shape index (κ2) is 7.30. The molecule has 1 fully saturated rings. The third kappa shape index (κ3) is 3.79. The normalized spacial score (nSPS) is 16.8. The molecule has 1 saturated carbocycles. The summed E-state index contributed by atoms with van der Waals surface area (Å²) >= 11 is 6.18. The molecule has 5 heteroatoms. The molecule has 0 spiro atoms. The molecule has 118 valence electrons. The Morgan fingerprint density at radius 3 is 2.62 bits per heavy atom. The van der Waals surface area contributed by atoms with Gasteiger partial charge in [-0.2, -0.15) is 5.10 Å². The van der Waals surface area contributed by atoms with Crippen molar-refractivity contribution in [3.05, 3.63) is 21.6 Å². The number of hydrogen-bond acceptors (Lipinski definition) is 3. The molecule has 1 aliphatic rings. The number of hydrogen-bond donors (Lipinski definition) is 1. The van der Waals surface area contributed by atoms with E-state index in [2.05, 4.69) is 31.2 Å². The molecule has 0 aromatic carbocycles. The third-order valence-corrected chi connectivity index (χ3v) is 5.07. The first-order chi connectivity index (χ1) is 10.1. The predicted molar refractivity (Wildman–Crippen MR) is 88.0 cm³/mol. The Morgan fingerprint density at radius 1 is 1.43 bits per heavy atom. The van der Waals surface area contributed by atoms with Crippen molar-refractivity contribution in [1.29, 1.82) is 0 Å². The highest BCUT2D eigenvalue weighted by atomic mass is 35.5. The summed E-state index contributed by atoms with van der Waals surface area (Å²) in [4.78, 5) is 12.6. The molecule has 1 atom stereocenters. The number of nitrogens with one attached hydrogen (secondary N) is 1. The van der Waals surface area contributed by atoms with Gasteiger partial charge >= 0.3 is 0 Å². The van der Waals surface area contributed by atoms with Gasteiger partial charge in [0.1, 0.15) is 5.69 Å². The minimum atomic E-state index is -0.0905. The van der Waals surface area contributed by atoms with Crippen molar-refractivity contribution >= 4 is 17.3 Å². The van der Waals surface area contributed by atoms with Gasteiger partial charge in [-0.1, -0.05) is 44.7 Å². The second-order valence-electron chi connectivity index (χ2n) is 6.16. The van der Waals surface area contributed by atoms with E-state index in [0.29, 0.717) is 29.1 Å². The average Bonchev–Trinajstić information content (AvgIpc) is 2.42. The molecule has 0 radical (unpaired) electrons. The topological polar surface area (TPSA) is 46.9 Å². The minimum absolute atomic E-state index is 0.0905. The van der Waals surface area contributed by atoms with E-state index in [1.165, 1.54) is 19.3 Å². The van der Waals surface area contributed by atoms with Crippen LogP contribution in [0.15, 0.2) is 11.0 Å². The smallest absolute Gasteiger partial charge is 0.291 e. The largest absolute Gasteiger partial charge is 0.377 e. The van der Waals surface area contributed by atoms with Crippen LogP contribution in [-0.2, 0) is 6.54 Å². The highest BCUT2D eigenvalue weighted by Gasteiger charge is 2.21. The monoisotopic (exact) mass is 311 g/mol. The summed E-state index contributed by atoms with van der Waals surface area (Å²) in [7, 11) is 0. The zero-order chi connectivity index (χ0) is 15.4. The fraction of sp³-hybridized carbons (Fsp3) is 0.750. The molecule has 0 bridgehead atoms. The summed E-state index contributed by atoms with van der Waals surface area (Å²) in [6, 6.07) is 0.227. The van der Waals surface area contributed by atoms with E-state index in [1.807, 2.05) is 0 Å². The predicted octanol–water partition coefficient (Wildman–Crippen LogP) is 3.93. The van der Waals surface area contributed by atoms with Crippen LogP contribution in [0.25, 0.3) is 0 Å². The Morgan fingerprint density at radius 2 is 2.10 bits per heavy atom. The summed E-state index contributed by atoms with van der Waals surface area (Å²) in [5.74, 6) is 1.13. The molecule has 4 nitrogen and oxygen atoms in total.